The molecule has 4 rings (SSSR count). The van der Waals surface area contributed by atoms with Gasteiger partial charge in [-0.3, -0.25) is 9.59 Å². The quantitative estimate of drug-likeness (QED) is 0.659. The number of pyridine rings is 1. The SMILES string of the molecule is Cc1cc(C)c(CN2CCc3c(Cl)cc(O[C@H]4CO[C@H](C(C)(C)O)C4)c(Cl)c3C2=O)c(=O)[nH]1. The van der Waals surface area contributed by atoms with Crippen LogP contribution >= 0.6 is 23.2 Å². The molecule has 33 heavy (non-hydrogen) atoms. The Kier molecular flexibility index (Phi) is 6.53. The maximum atomic E-state index is 13.4. The van der Waals surface area contributed by atoms with Crippen molar-refractivity contribution >= 4 is 29.1 Å². The van der Waals surface area contributed by atoms with Gasteiger partial charge in [0.1, 0.15) is 11.9 Å². The van der Waals surface area contributed by atoms with Crippen molar-refractivity contribution in [3.8, 4) is 5.75 Å². The van der Waals surface area contributed by atoms with E-state index in [0.29, 0.717) is 53.5 Å². The van der Waals surface area contributed by atoms with E-state index in [1.165, 1.54) is 0 Å². The molecule has 2 atom stereocenters. The summed E-state index contributed by atoms with van der Waals surface area (Å²) in [7, 11) is 0. The summed E-state index contributed by atoms with van der Waals surface area (Å²) in [6.07, 6.45) is 0.332. The predicted molar refractivity (Wildman–Crippen MR) is 127 cm³/mol. The zero-order chi connectivity index (χ0) is 24.1. The monoisotopic (exact) mass is 494 g/mol. The van der Waals surface area contributed by atoms with Crippen LogP contribution in [0.2, 0.25) is 10.0 Å². The van der Waals surface area contributed by atoms with Crippen molar-refractivity contribution in [2.45, 2.75) is 64.9 Å². The third kappa shape index (κ3) is 4.78. The Balaban J connectivity index is 1.60. The van der Waals surface area contributed by atoms with Gasteiger partial charge in [0.15, 0.2) is 0 Å². The molecule has 0 aliphatic carbocycles. The molecule has 2 N–H and O–H groups in total. The summed E-state index contributed by atoms with van der Waals surface area (Å²) in [5, 5.41) is 10.8. The molecular formula is C24H28Cl2N2O5. The van der Waals surface area contributed by atoms with Crippen LogP contribution in [0.4, 0.5) is 0 Å². The minimum absolute atomic E-state index is 0.183. The minimum atomic E-state index is -0.988. The molecule has 178 valence electrons. The fraction of sp³-hybridized carbons (Fsp3) is 0.500. The molecule has 0 bridgehead atoms. The molecule has 1 aromatic carbocycles. The summed E-state index contributed by atoms with van der Waals surface area (Å²) in [5.41, 5.74) is 1.96. The summed E-state index contributed by atoms with van der Waals surface area (Å²) in [6, 6.07) is 3.53. The largest absolute Gasteiger partial charge is 0.486 e. The Morgan fingerprint density at radius 1 is 1.27 bits per heavy atom. The van der Waals surface area contributed by atoms with Gasteiger partial charge in [-0.1, -0.05) is 23.2 Å². The number of H-pyrrole nitrogens is 1. The highest BCUT2D eigenvalue weighted by Gasteiger charge is 2.38. The number of hydrogen-bond acceptors (Lipinski definition) is 5. The number of aliphatic hydroxyl groups is 1. The number of rotatable bonds is 5. The highest BCUT2D eigenvalue weighted by atomic mass is 35.5. The molecule has 3 heterocycles. The van der Waals surface area contributed by atoms with E-state index < -0.39 is 5.60 Å². The predicted octanol–water partition coefficient (Wildman–Crippen LogP) is 3.80. The van der Waals surface area contributed by atoms with Crippen molar-refractivity contribution in [3.63, 3.8) is 0 Å². The number of aromatic amines is 1. The van der Waals surface area contributed by atoms with E-state index in [9.17, 15) is 14.7 Å². The number of aryl methyl sites for hydroxylation is 2. The number of nitrogens with zero attached hydrogens (tertiary/aromatic N) is 1. The van der Waals surface area contributed by atoms with Crippen LogP contribution in [0.15, 0.2) is 16.9 Å². The van der Waals surface area contributed by atoms with Gasteiger partial charge in [0.05, 0.1) is 35.4 Å². The van der Waals surface area contributed by atoms with Gasteiger partial charge in [0.25, 0.3) is 11.5 Å². The summed E-state index contributed by atoms with van der Waals surface area (Å²) < 4.78 is 11.7. The van der Waals surface area contributed by atoms with Crippen molar-refractivity contribution in [3.05, 3.63) is 60.5 Å². The normalized spacial score (nSPS) is 20.8. The van der Waals surface area contributed by atoms with E-state index in [0.717, 1.165) is 11.3 Å². The van der Waals surface area contributed by atoms with Gasteiger partial charge < -0.3 is 24.5 Å². The maximum Gasteiger partial charge on any atom is 0.256 e. The number of carbonyl (C=O) groups excluding carboxylic acids is 1. The molecule has 2 aliphatic heterocycles. The molecule has 2 aromatic rings. The number of hydrogen-bond donors (Lipinski definition) is 2. The molecule has 1 fully saturated rings. The average Bonchev–Trinajstić information content (AvgIpc) is 3.18. The van der Waals surface area contributed by atoms with Crippen molar-refractivity contribution in [2.75, 3.05) is 13.2 Å². The molecule has 0 spiro atoms. The van der Waals surface area contributed by atoms with Crippen LogP contribution in [0.25, 0.3) is 0 Å². The lowest BCUT2D eigenvalue weighted by molar-refractivity contribution is -0.0602. The zero-order valence-electron chi connectivity index (χ0n) is 19.1. The fourth-order valence-corrected chi connectivity index (χ4v) is 5.05. The second kappa shape index (κ2) is 8.95. The first-order chi connectivity index (χ1) is 15.5. The van der Waals surface area contributed by atoms with Gasteiger partial charge in [-0.2, -0.15) is 0 Å². The highest BCUT2D eigenvalue weighted by Crippen LogP contribution is 2.40. The number of aromatic nitrogens is 1. The van der Waals surface area contributed by atoms with Crippen molar-refractivity contribution < 1.29 is 19.4 Å². The molecule has 9 heteroatoms. The van der Waals surface area contributed by atoms with Crippen LogP contribution in [0.5, 0.6) is 5.75 Å². The van der Waals surface area contributed by atoms with Gasteiger partial charge in [-0.15, -0.1) is 0 Å². The first kappa shape index (κ1) is 24.1. The van der Waals surface area contributed by atoms with Gasteiger partial charge in [-0.25, -0.2) is 0 Å². The van der Waals surface area contributed by atoms with Gasteiger partial charge >= 0.3 is 0 Å². The topological polar surface area (TPSA) is 91.9 Å². The van der Waals surface area contributed by atoms with E-state index in [2.05, 4.69) is 4.98 Å². The molecule has 7 nitrogen and oxygen atoms in total. The minimum Gasteiger partial charge on any atom is -0.486 e. The van der Waals surface area contributed by atoms with Crippen LogP contribution in [0.3, 0.4) is 0 Å². The Bertz CT molecular complexity index is 1160. The molecule has 0 unspecified atom stereocenters. The zero-order valence-corrected chi connectivity index (χ0v) is 20.6. The van der Waals surface area contributed by atoms with Crippen molar-refractivity contribution in [1.29, 1.82) is 0 Å². The number of halogens is 2. The summed E-state index contributed by atoms with van der Waals surface area (Å²) >= 11 is 13.2. The molecular weight excluding hydrogens is 467 g/mol. The highest BCUT2D eigenvalue weighted by molar-refractivity contribution is 6.38. The van der Waals surface area contributed by atoms with Crippen LogP contribution in [-0.4, -0.2) is 51.9 Å². The molecule has 1 aromatic heterocycles. The number of amides is 1. The number of fused-ring (bicyclic) bond motifs is 1. The second-order valence-electron chi connectivity index (χ2n) is 9.40. The number of ether oxygens (including phenoxy) is 2. The first-order valence-corrected chi connectivity index (χ1v) is 11.7. The summed E-state index contributed by atoms with van der Waals surface area (Å²) in [4.78, 5) is 30.3. The van der Waals surface area contributed by atoms with Crippen LogP contribution in [0.1, 0.15) is 53.0 Å². The molecule has 2 aliphatic rings. The Labute approximate surface area is 202 Å². The van der Waals surface area contributed by atoms with Gasteiger partial charge in [0.2, 0.25) is 0 Å². The van der Waals surface area contributed by atoms with Crippen molar-refractivity contribution in [2.24, 2.45) is 0 Å². The average molecular weight is 495 g/mol. The summed E-state index contributed by atoms with van der Waals surface area (Å²) in [6.45, 7) is 7.98. The van der Waals surface area contributed by atoms with Crippen molar-refractivity contribution in [1.82, 2.24) is 9.88 Å². The van der Waals surface area contributed by atoms with Gasteiger partial charge in [0, 0.05) is 35.3 Å². The van der Waals surface area contributed by atoms with E-state index >= 15 is 0 Å². The van der Waals surface area contributed by atoms with E-state index in [1.807, 2.05) is 19.9 Å². The Morgan fingerprint density at radius 2 is 2.00 bits per heavy atom. The molecule has 0 radical (unpaired) electrons. The Morgan fingerprint density at radius 3 is 2.64 bits per heavy atom. The third-order valence-corrected chi connectivity index (χ3v) is 7.01. The molecule has 1 saturated heterocycles. The second-order valence-corrected chi connectivity index (χ2v) is 10.2. The van der Waals surface area contributed by atoms with E-state index in [4.69, 9.17) is 32.7 Å². The fourth-order valence-electron chi connectivity index (χ4n) is 4.47. The standard InChI is InChI=1S/C24H28Cl2N2O5/c1-12-7-13(2)27-22(29)16(12)10-28-6-5-15-17(25)9-18(21(26)20(15)23(28)30)33-14-8-19(32-11-14)24(3,4)31/h7,9,14,19,31H,5-6,8,10-11H2,1-4H3,(H,27,29)/t14-,19+/m1/s1. The van der Waals surface area contributed by atoms with Crippen LogP contribution in [0, 0.1) is 13.8 Å². The summed E-state index contributed by atoms with van der Waals surface area (Å²) in [5.74, 6) is 0.0231. The Hall–Kier alpha value is -2.06. The first-order valence-electron chi connectivity index (χ1n) is 11.0. The van der Waals surface area contributed by atoms with E-state index in [-0.39, 0.29) is 35.2 Å². The smallest absolute Gasteiger partial charge is 0.256 e. The lowest BCUT2D eigenvalue weighted by atomic mass is 9.97. The third-order valence-electron chi connectivity index (χ3n) is 6.30. The van der Waals surface area contributed by atoms with Crippen LogP contribution in [-0.2, 0) is 17.7 Å². The lowest BCUT2D eigenvalue weighted by Gasteiger charge is -2.31. The maximum absolute atomic E-state index is 13.4. The lowest BCUT2D eigenvalue weighted by Crippen LogP contribution is -2.39. The van der Waals surface area contributed by atoms with E-state index in [1.54, 1.807) is 24.8 Å². The van der Waals surface area contributed by atoms with Gasteiger partial charge in [-0.05, 0) is 51.3 Å². The van der Waals surface area contributed by atoms with Crippen LogP contribution < -0.4 is 10.3 Å². The molecule has 0 saturated carbocycles. The molecule has 1 amide bonds. The number of benzene rings is 1. The number of nitrogens with one attached hydrogen (secondary N) is 1. The number of carbonyl (C=O) groups is 1.